The number of anilines is 1. The number of carbonyl (C=O) groups is 2. The predicted molar refractivity (Wildman–Crippen MR) is 93.8 cm³/mol. The highest BCUT2D eigenvalue weighted by Crippen LogP contribution is 2.23. The number of aromatic nitrogens is 1. The molecule has 3 amide bonds. The number of para-hydroxylation sites is 1. The molecule has 1 atom stereocenters. The molecule has 1 aliphatic heterocycles. The average molecular weight is 326 g/mol. The van der Waals surface area contributed by atoms with Crippen molar-refractivity contribution < 1.29 is 9.59 Å². The predicted octanol–water partition coefficient (Wildman–Crippen LogP) is 2.76. The highest BCUT2D eigenvalue weighted by Gasteiger charge is 2.36. The molecule has 6 nitrogen and oxygen atoms in total. The maximum Gasteiger partial charge on any atom is 0.319 e. The van der Waals surface area contributed by atoms with Gasteiger partial charge in [-0.2, -0.15) is 0 Å². The number of rotatable bonds is 2. The van der Waals surface area contributed by atoms with E-state index in [0.717, 1.165) is 10.9 Å². The van der Waals surface area contributed by atoms with Gasteiger partial charge in [-0.15, -0.1) is 0 Å². The minimum Gasteiger partial charge on any atom is -0.336 e. The molecule has 2 aromatic rings. The molecule has 0 spiro atoms. The molecular formula is C18H22N4O2. The Morgan fingerprint density at radius 3 is 2.71 bits per heavy atom. The first-order chi connectivity index (χ1) is 11.3. The van der Waals surface area contributed by atoms with Crippen LogP contribution in [0.15, 0.2) is 36.5 Å². The van der Waals surface area contributed by atoms with E-state index in [1.54, 1.807) is 11.1 Å². The Labute approximate surface area is 141 Å². The summed E-state index contributed by atoms with van der Waals surface area (Å²) >= 11 is 0. The van der Waals surface area contributed by atoms with Crippen LogP contribution in [0.4, 0.5) is 10.5 Å². The third-order valence-corrected chi connectivity index (χ3v) is 4.15. The number of amides is 3. The number of carbonyl (C=O) groups excluding carboxylic acids is 2. The summed E-state index contributed by atoms with van der Waals surface area (Å²) in [5.74, 6) is 0.0691. The van der Waals surface area contributed by atoms with Gasteiger partial charge >= 0.3 is 6.03 Å². The number of likely N-dealkylation sites (tertiary alicyclic amines) is 1. The number of nitrogens with one attached hydrogen (secondary N) is 2. The number of nitrogens with zero attached hydrogens (tertiary/aromatic N) is 2. The lowest BCUT2D eigenvalue weighted by Crippen LogP contribution is -2.45. The Hall–Kier alpha value is -2.63. The highest BCUT2D eigenvalue weighted by atomic mass is 16.2. The van der Waals surface area contributed by atoms with Gasteiger partial charge < -0.3 is 15.5 Å². The third kappa shape index (κ3) is 3.32. The summed E-state index contributed by atoms with van der Waals surface area (Å²) in [5.41, 5.74) is 1.17. The Morgan fingerprint density at radius 2 is 2.00 bits per heavy atom. The summed E-state index contributed by atoms with van der Waals surface area (Å²) in [5, 5.41) is 6.69. The molecule has 2 heterocycles. The molecule has 0 saturated carbocycles. The van der Waals surface area contributed by atoms with E-state index in [1.807, 2.05) is 51.1 Å². The Bertz CT molecular complexity index is 777. The van der Waals surface area contributed by atoms with Crippen LogP contribution in [0.3, 0.4) is 0 Å². The summed E-state index contributed by atoms with van der Waals surface area (Å²) < 4.78 is 0. The van der Waals surface area contributed by atoms with E-state index in [9.17, 15) is 9.59 Å². The van der Waals surface area contributed by atoms with Crippen molar-refractivity contribution >= 4 is 28.5 Å². The second-order valence-corrected chi connectivity index (χ2v) is 7.06. The molecule has 126 valence electrons. The van der Waals surface area contributed by atoms with Gasteiger partial charge in [0.2, 0.25) is 5.91 Å². The van der Waals surface area contributed by atoms with Gasteiger partial charge in [0.05, 0.1) is 17.2 Å². The number of hydrogen-bond acceptors (Lipinski definition) is 3. The minimum atomic E-state index is -0.318. The van der Waals surface area contributed by atoms with Crippen LogP contribution in [0.25, 0.3) is 10.9 Å². The second-order valence-electron chi connectivity index (χ2n) is 7.06. The van der Waals surface area contributed by atoms with Crippen LogP contribution >= 0.6 is 0 Å². The van der Waals surface area contributed by atoms with Gasteiger partial charge in [0.1, 0.15) is 0 Å². The maximum absolute atomic E-state index is 12.3. The van der Waals surface area contributed by atoms with Crippen LogP contribution in [0.5, 0.6) is 0 Å². The van der Waals surface area contributed by atoms with Crippen molar-refractivity contribution in [2.75, 3.05) is 11.9 Å². The molecule has 6 heteroatoms. The van der Waals surface area contributed by atoms with E-state index < -0.39 is 0 Å². The zero-order valence-electron chi connectivity index (χ0n) is 14.2. The first-order valence-electron chi connectivity index (χ1n) is 8.06. The zero-order valence-corrected chi connectivity index (χ0v) is 14.2. The summed E-state index contributed by atoms with van der Waals surface area (Å²) in [6, 6.07) is 8.94. The van der Waals surface area contributed by atoms with Crippen LogP contribution < -0.4 is 10.6 Å². The molecule has 0 aliphatic carbocycles. The van der Waals surface area contributed by atoms with Crippen LogP contribution in [0.1, 0.15) is 27.2 Å². The zero-order chi connectivity index (χ0) is 17.3. The fourth-order valence-corrected chi connectivity index (χ4v) is 3.00. The molecule has 1 aliphatic rings. The van der Waals surface area contributed by atoms with E-state index in [0.29, 0.717) is 18.7 Å². The third-order valence-electron chi connectivity index (χ3n) is 4.15. The average Bonchev–Trinajstić information content (AvgIpc) is 2.88. The van der Waals surface area contributed by atoms with Crippen molar-refractivity contribution in [3.63, 3.8) is 0 Å². The molecule has 0 bridgehead atoms. The van der Waals surface area contributed by atoms with Crippen LogP contribution in [-0.2, 0) is 4.79 Å². The number of urea groups is 1. The van der Waals surface area contributed by atoms with Crippen molar-refractivity contribution in [1.29, 1.82) is 0 Å². The largest absolute Gasteiger partial charge is 0.336 e. The number of benzene rings is 1. The first-order valence-corrected chi connectivity index (χ1v) is 8.06. The van der Waals surface area contributed by atoms with Gasteiger partial charge in [-0.25, -0.2) is 4.79 Å². The van der Waals surface area contributed by atoms with Gasteiger partial charge in [0, 0.05) is 30.1 Å². The highest BCUT2D eigenvalue weighted by molar-refractivity contribution is 5.99. The molecule has 2 N–H and O–H groups in total. The van der Waals surface area contributed by atoms with Crippen molar-refractivity contribution in [2.24, 2.45) is 0 Å². The molecule has 1 aromatic heterocycles. The van der Waals surface area contributed by atoms with Crippen LogP contribution in [-0.4, -0.2) is 39.9 Å². The monoisotopic (exact) mass is 326 g/mol. The van der Waals surface area contributed by atoms with Gasteiger partial charge in [0.25, 0.3) is 0 Å². The summed E-state index contributed by atoms with van der Waals surface area (Å²) in [4.78, 5) is 30.5. The molecule has 24 heavy (non-hydrogen) atoms. The lowest BCUT2D eigenvalue weighted by molar-refractivity contribution is -0.131. The van der Waals surface area contributed by atoms with Crippen LogP contribution in [0.2, 0.25) is 0 Å². The smallest absolute Gasteiger partial charge is 0.319 e. The summed E-state index contributed by atoms with van der Waals surface area (Å²) in [6.45, 7) is 6.52. The Kier molecular flexibility index (Phi) is 4.13. The number of hydrogen-bond donors (Lipinski definition) is 2. The first kappa shape index (κ1) is 16.2. The minimum absolute atomic E-state index is 0.0691. The molecule has 0 radical (unpaired) electrons. The van der Waals surface area contributed by atoms with E-state index in [1.165, 1.54) is 0 Å². The lowest BCUT2D eigenvalue weighted by Gasteiger charge is -2.32. The SMILES string of the molecule is CC(C)(C)N1CC(NC(=O)Nc2cccc3cccnc23)CC1=O. The topological polar surface area (TPSA) is 74.3 Å². The lowest BCUT2D eigenvalue weighted by atomic mass is 10.1. The van der Waals surface area contributed by atoms with E-state index in [2.05, 4.69) is 15.6 Å². The fourth-order valence-electron chi connectivity index (χ4n) is 3.00. The molecule has 1 aromatic carbocycles. The van der Waals surface area contributed by atoms with E-state index in [4.69, 9.17) is 0 Å². The summed E-state index contributed by atoms with van der Waals surface area (Å²) in [6.07, 6.45) is 2.03. The molecule has 1 fully saturated rings. The Balaban J connectivity index is 1.67. The fraction of sp³-hybridized carbons (Fsp3) is 0.389. The quantitative estimate of drug-likeness (QED) is 0.891. The standard InChI is InChI=1S/C18H22N4O2/c1-18(2,3)22-11-13(10-15(22)23)20-17(24)21-14-8-4-6-12-7-5-9-19-16(12)14/h4-9,13H,10-11H2,1-3H3,(H2,20,21,24). The normalized spacial score (nSPS) is 18.0. The van der Waals surface area contributed by atoms with Crippen molar-refractivity contribution in [3.8, 4) is 0 Å². The maximum atomic E-state index is 12.3. The second kappa shape index (κ2) is 6.11. The van der Waals surface area contributed by atoms with Gasteiger partial charge in [-0.1, -0.05) is 18.2 Å². The molecular weight excluding hydrogens is 304 g/mol. The van der Waals surface area contributed by atoms with Crippen molar-refractivity contribution in [2.45, 2.75) is 38.8 Å². The molecule has 1 unspecified atom stereocenters. The van der Waals surface area contributed by atoms with Crippen LogP contribution in [0, 0.1) is 0 Å². The van der Waals surface area contributed by atoms with Crippen molar-refractivity contribution in [3.05, 3.63) is 36.5 Å². The summed E-state index contributed by atoms with van der Waals surface area (Å²) in [7, 11) is 0. The molecule has 3 rings (SSSR count). The number of pyridine rings is 1. The van der Waals surface area contributed by atoms with Crippen molar-refractivity contribution in [1.82, 2.24) is 15.2 Å². The van der Waals surface area contributed by atoms with Gasteiger partial charge in [0.15, 0.2) is 0 Å². The van der Waals surface area contributed by atoms with E-state index in [-0.39, 0.29) is 23.5 Å². The van der Waals surface area contributed by atoms with Gasteiger partial charge in [-0.3, -0.25) is 9.78 Å². The van der Waals surface area contributed by atoms with Gasteiger partial charge in [-0.05, 0) is 32.9 Å². The molecule has 1 saturated heterocycles. The van der Waals surface area contributed by atoms with E-state index >= 15 is 0 Å². The Morgan fingerprint density at radius 1 is 1.25 bits per heavy atom. The number of fused-ring (bicyclic) bond motifs is 1.